The normalized spacial score (nSPS) is 15.6. The number of hydrogen-bond acceptors (Lipinski definition) is 4. The number of urea groups is 1. The smallest absolute Gasteiger partial charge is 0.317 e. The second-order valence-electron chi connectivity index (χ2n) is 7.33. The lowest BCUT2D eigenvalue weighted by molar-refractivity contribution is 0.180. The molecule has 0 aliphatic carbocycles. The van der Waals surface area contributed by atoms with E-state index in [2.05, 4.69) is 42.9 Å². The molecule has 1 saturated heterocycles. The van der Waals surface area contributed by atoms with Crippen molar-refractivity contribution < 1.29 is 9.53 Å². The molecule has 1 aromatic rings. The van der Waals surface area contributed by atoms with Crippen molar-refractivity contribution in [3.63, 3.8) is 0 Å². The quantitative estimate of drug-likeness (QED) is 0.899. The Bertz CT molecular complexity index is 552. The summed E-state index contributed by atoms with van der Waals surface area (Å²) in [6, 6.07) is 3.80. The fourth-order valence-electron chi connectivity index (χ4n) is 2.46. The average Bonchev–Trinajstić information content (AvgIpc) is 2.59. The summed E-state index contributed by atoms with van der Waals surface area (Å²) in [6.45, 7) is 12.4. The Balaban J connectivity index is 1.84. The highest BCUT2D eigenvalue weighted by atomic mass is 16.5. The highest BCUT2D eigenvalue weighted by Gasteiger charge is 2.26. The van der Waals surface area contributed by atoms with Crippen LogP contribution in [0.5, 0.6) is 5.75 Å². The molecule has 0 saturated carbocycles. The van der Waals surface area contributed by atoms with Crippen LogP contribution in [0.3, 0.4) is 0 Å². The molecule has 1 N–H and O–H groups in total. The van der Waals surface area contributed by atoms with Crippen LogP contribution in [0.1, 0.15) is 27.7 Å². The summed E-state index contributed by atoms with van der Waals surface area (Å²) in [7, 11) is 1.65. The lowest BCUT2D eigenvalue weighted by Gasteiger charge is -2.36. The molecule has 2 rings (SSSR count). The van der Waals surface area contributed by atoms with Crippen LogP contribution in [-0.4, -0.2) is 55.7 Å². The van der Waals surface area contributed by atoms with E-state index in [1.54, 1.807) is 13.3 Å². The van der Waals surface area contributed by atoms with E-state index in [1.165, 1.54) is 0 Å². The van der Waals surface area contributed by atoms with Crippen LogP contribution in [0.4, 0.5) is 10.6 Å². The topological polar surface area (TPSA) is 57.7 Å². The molecule has 2 heterocycles. The Labute approximate surface area is 145 Å². The first-order chi connectivity index (χ1) is 11.3. The Morgan fingerprint density at radius 2 is 2.00 bits per heavy atom. The van der Waals surface area contributed by atoms with E-state index < -0.39 is 0 Å². The van der Waals surface area contributed by atoms with Gasteiger partial charge in [0.2, 0.25) is 0 Å². The summed E-state index contributed by atoms with van der Waals surface area (Å²) in [6.07, 6.45) is 1.75. The maximum Gasteiger partial charge on any atom is 0.317 e. The molecule has 1 fully saturated rings. The highest BCUT2D eigenvalue weighted by molar-refractivity contribution is 5.74. The molecule has 1 aliphatic rings. The first-order valence-electron chi connectivity index (χ1n) is 8.61. The second kappa shape index (κ2) is 7.73. The van der Waals surface area contributed by atoms with Crippen LogP contribution >= 0.6 is 0 Å². The predicted molar refractivity (Wildman–Crippen MR) is 96.6 cm³/mol. The molecule has 0 aromatic carbocycles. The second-order valence-corrected chi connectivity index (χ2v) is 7.33. The summed E-state index contributed by atoms with van der Waals surface area (Å²) in [4.78, 5) is 20.8. The molecule has 0 atom stereocenters. The van der Waals surface area contributed by atoms with Crippen LogP contribution in [0.25, 0.3) is 0 Å². The molecule has 24 heavy (non-hydrogen) atoms. The molecule has 1 aliphatic heterocycles. The molecule has 6 nitrogen and oxygen atoms in total. The van der Waals surface area contributed by atoms with Gasteiger partial charge in [0.1, 0.15) is 11.6 Å². The minimum absolute atomic E-state index is 0.0296. The fourth-order valence-corrected chi connectivity index (χ4v) is 2.46. The molecule has 134 valence electrons. The molecule has 0 bridgehead atoms. The molecule has 0 spiro atoms. The van der Waals surface area contributed by atoms with Crippen molar-refractivity contribution in [1.29, 1.82) is 0 Å². The third kappa shape index (κ3) is 4.52. The Morgan fingerprint density at radius 1 is 1.33 bits per heavy atom. The van der Waals surface area contributed by atoms with Crippen molar-refractivity contribution in [3.8, 4) is 5.75 Å². The number of carbonyl (C=O) groups excluding carboxylic acids is 1. The predicted octanol–water partition coefficient (Wildman–Crippen LogP) is 2.60. The van der Waals surface area contributed by atoms with E-state index >= 15 is 0 Å². The van der Waals surface area contributed by atoms with Crippen LogP contribution in [-0.2, 0) is 0 Å². The van der Waals surface area contributed by atoms with Crippen molar-refractivity contribution >= 4 is 11.8 Å². The van der Waals surface area contributed by atoms with Gasteiger partial charge < -0.3 is 19.9 Å². The maximum atomic E-state index is 12.4. The maximum absolute atomic E-state index is 12.4. The number of aromatic nitrogens is 1. The number of nitrogens with one attached hydrogen (secondary N) is 1. The Kier molecular flexibility index (Phi) is 5.91. The van der Waals surface area contributed by atoms with E-state index in [4.69, 9.17) is 4.74 Å². The van der Waals surface area contributed by atoms with Crippen LogP contribution in [0, 0.1) is 11.3 Å². The summed E-state index contributed by atoms with van der Waals surface area (Å²) in [5.74, 6) is 2.22. The van der Waals surface area contributed by atoms with Gasteiger partial charge in [-0.05, 0) is 17.4 Å². The van der Waals surface area contributed by atoms with E-state index in [0.717, 1.165) is 24.7 Å². The minimum atomic E-state index is 0.0296. The molecule has 0 unspecified atom stereocenters. The third-order valence-electron chi connectivity index (χ3n) is 5.10. The molecule has 0 radical (unpaired) electrons. The number of ether oxygens (including phenoxy) is 1. The zero-order chi connectivity index (χ0) is 17.7. The number of rotatable bonds is 5. The largest absolute Gasteiger partial charge is 0.497 e. The molecule has 2 amide bonds. The van der Waals surface area contributed by atoms with Gasteiger partial charge in [0.25, 0.3) is 0 Å². The number of methoxy groups -OCH3 is 1. The summed E-state index contributed by atoms with van der Waals surface area (Å²) in [5, 5.41) is 3.08. The molecular weight excluding hydrogens is 304 g/mol. The van der Waals surface area contributed by atoms with Crippen LogP contribution < -0.4 is 15.0 Å². The standard InChI is InChI=1S/C18H30N4O2/c1-14(2)18(3,4)13-20-17(23)22-10-8-21(9-11-22)16-12-15(24-5)6-7-19-16/h6-7,12,14H,8-11,13H2,1-5H3,(H,20,23). The fraction of sp³-hybridized carbons (Fsp3) is 0.667. The van der Waals surface area contributed by atoms with E-state index in [1.807, 2.05) is 17.0 Å². The van der Waals surface area contributed by atoms with Gasteiger partial charge in [-0.25, -0.2) is 9.78 Å². The summed E-state index contributed by atoms with van der Waals surface area (Å²) < 4.78 is 5.25. The zero-order valence-electron chi connectivity index (χ0n) is 15.5. The lowest BCUT2D eigenvalue weighted by atomic mass is 9.81. The average molecular weight is 334 g/mol. The number of pyridine rings is 1. The first kappa shape index (κ1) is 18.4. The number of anilines is 1. The molecule has 6 heteroatoms. The number of amides is 2. The van der Waals surface area contributed by atoms with Crippen LogP contribution in [0.15, 0.2) is 18.3 Å². The van der Waals surface area contributed by atoms with Gasteiger partial charge in [-0.2, -0.15) is 0 Å². The summed E-state index contributed by atoms with van der Waals surface area (Å²) in [5.41, 5.74) is 0.0992. The Morgan fingerprint density at radius 3 is 2.58 bits per heavy atom. The molecular formula is C18H30N4O2. The number of piperazine rings is 1. The van der Waals surface area contributed by atoms with Gasteiger partial charge in [-0.15, -0.1) is 0 Å². The summed E-state index contributed by atoms with van der Waals surface area (Å²) >= 11 is 0. The van der Waals surface area contributed by atoms with Crippen molar-refractivity contribution in [1.82, 2.24) is 15.2 Å². The number of hydrogen-bond donors (Lipinski definition) is 1. The Hall–Kier alpha value is -1.98. The van der Waals surface area contributed by atoms with Crippen molar-refractivity contribution in [2.24, 2.45) is 11.3 Å². The third-order valence-corrected chi connectivity index (χ3v) is 5.10. The van der Waals surface area contributed by atoms with E-state index in [0.29, 0.717) is 25.6 Å². The van der Waals surface area contributed by atoms with E-state index in [9.17, 15) is 4.79 Å². The van der Waals surface area contributed by atoms with Crippen molar-refractivity contribution in [2.45, 2.75) is 27.7 Å². The highest BCUT2D eigenvalue weighted by Crippen LogP contribution is 2.25. The SMILES string of the molecule is COc1ccnc(N2CCN(C(=O)NCC(C)(C)C(C)C)CC2)c1. The molecule has 1 aromatic heterocycles. The first-order valence-corrected chi connectivity index (χ1v) is 8.61. The van der Waals surface area contributed by atoms with Crippen molar-refractivity contribution in [2.75, 3.05) is 44.7 Å². The van der Waals surface area contributed by atoms with E-state index in [-0.39, 0.29) is 11.4 Å². The van der Waals surface area contributed by atoms with Crippen molar-refractivity contribution in [3.05, 3.63) is 18.3 Å². The van der Waals surface area contributed by atoms with Crippen LogP contribution in [0.2, 0.25) is 0 Å². The minimum Gasteiger partial charge on any atom is -0.497 e. The number of nitrogens with zero attached hydrogens (tertiary/aromatic N) is 3. The van der Waals surface area contributed by atoms with Gasteiger partial charge in [0.05, 0.1) is 7.11 Å². The van der Waals surface area contributed by atoms with Gasteiger partial charge in [-0.1, -0.05) is 27.7 Å². The van der Waals surface area contributed by atoms with Gasteiger partial charge in [0.15, 0.2) is 0 Å². The van der Waals surface area contributed by atoms with Gasteiger partial charge >= 0.3 is 6.03 Å². The number of carbonyl (C=O) groups is 1. The monoisotopic (exact) mass is 334 g/mol. The van der Waals surface area contributed by atoms with Gasteiger partial charge in [0, 0.05) is 45.0 Å². The zero-order valence-corrected chi connectivity index (χ0v) is 15.5. The van der Waals surface area contributed by atoms with Gasteiger partial charge in [-0.3, -0.25) is 0 Å². The lowest BCUT2D eigenvalue weighted by Crippen LogP contribution is -2.53.